The number of nitrogens with zero attached hydrogens (tertiary/aromatic N) is 3. The first-order chi connectivity index (χ1) is 7.68. The Balaban J connectivity index is 0.00000144. The smallest absolute Gasteiger partial charge is 0.275 e. The standard InChI is InChI=1S/C10H16N4OS.ClH/c1-7(11)8-2-4-14(5-3-8)10(15)9-6-12-16-13-9;/h6-8H,2-5,11H2,1H3;1H. The van der Waals surface area contributed by atoms with E-state index in [2.05, 4.69) is 8.75 Å². The number of halogens is 1. The summed E-state index contributed by atoms with van der Waals surface area (Å²) in [6.45, 7) is 3.59. The van der Waals surface area contributed by atoms with Gasteiger partial charge in [0.05, 0.1) is 17.9 Å². The molecule has 0 spiro atoms. The molecule has 2 heterocycles. The molecule has 1 aromatic rings. The zero-order valence-electron chi connectivity index (χ0n) is 9.70. The molecule has 1 aromatic heterocycles. The molecule has 0 saturated carbocycles. The number of hydrogen-bond donors (Lipinski definition) is 1. The molecule has 96 valence electrons. The highest BCUT2D eigenvalue weighted by Crippen LogP contribution is 2.20. The van der Waals surface area contributed by atoms with Crippen molar-refractivity contribution in [2.75, 3.05) is 13.1 Å². The Morgan fingerprint density at radius 1 is 1.59 bits per heavy atom. The third kappa shape index (κ3) is 3.37. The van der Waals surface area contributed by atoms with Gasteiger partial charge in [-0.1, -0.05) is 0 Å². The van der Waals surface area contributed by atoms with E-state index in [0.29, 0.717) is 11.6 Å². The lowest BCUT2D eigenvalue weighted by Crippen LogP contribution is -2.42. The Labute approximate surface area is 111 Å². The van der Waals surface area contributed by atoms with Crippen LogP contribution in [0.2, 0.25) is 0 Å². The maximum Gasteiger partial charge on any atom is 0.275 e. The predicted molar refractivity (Wildman–Crippen MR) is 69.4 cm³/mol. The largest absolute Gasteiger partial charge is 0.337 e. The molecule has 1 aliphatic rings. The predicted octanol–water partition coefficient (Wildman–Crippen LogP) is 1.16. The molecule has 0 aliphatic carbocycles. The number of amides is 1. The molecule has 2 N–H and O–H groups in total. The van der Waals surface area contributed by atoms with Crippen LogP contribution in [0.4, 0.5) is 0 Å². The summed E-state index contributed by atoms with van der Waals surface area (Å²) in [6, 6.07) is 0.221. The molecule has 1 amide bonds. The summed E-state index contributed by atoms with van der Waals surface area (Å²) in [4.78, 5) is 13.8. The summed E-state index contributed by atoms with van der Waals surface area (Å²) in [5, 5.41) is 0. The summed E-state index contributed by atoms with van der Waals surface area (Å²) in [5.74, 6) is 0.537. The summed E-state index contributed by atoms with van der Waals surface area (Å²) in [7, 11) is 0. The van der Waals surface area contributed by atoms with E-state index in [9.17, 15) is 4.79 Å². The molecule has 0 bridgehead atoms. The van der Waals surface area contributed by atoms with Gasteiger partial charge in [0.25, 0.3) is 5.91 Å². The fourth-order valence-corrected chi connectivity index (χ4v) is 2.46. The van der Waals surface area contributed by atoms with E-state index in [4.69, 9.17) is 5.73 Å². The first kappa shape index (κ1) is 14.3. The van der Waals surface area contributed by atoms with Crippen molar-refractivity contribution in [3.8, 4) is 0 Å². The summed E-state index contributed by atoms with van der Waals surface area (Å²) >= 11 is 1.07. The average molecular weight is 277 g/mol. The highest BCUT2D eigenvalue weighted by Gasteiger charge is 2.26. The van der Waals surface area contributed by atoms with Crippen LogP contribution in [0.5, 0.6) is 0 Å². The van der Waals surface area contributed by atoms with Crippen LogP contribution >= 0.6 is 24.1 Å². The molecule has 17 heavy (non-hydrogen) atoms. The Bertz CT molecular complexity index is 349. The minimum atomic E-state index is -0.00289. The Hall–Kier alpha value is -0.720. The normalized spacial score (nSPS) is 18.6. The third-order valence-electron chi connectivity index (χ3n) is 3.15. The van der Waals surface area contributed by atoms with E-state index in [0.717, 1.165) is 37.7 Å². The van der Waals surface area contributed by atoms with Gasteiger partial charge in [0, 0.05) is 19.1 Å². The van der Waals surface area contributed by atoms with Crippen molar-refractivity contribution in [3.05, 3.63) is 11.9 Å². The number of rotatable bonds is 2. The zero-order valence-corrected chi connectivity index (χ0v) is 11.3. The molecule has 1 fully saturated rings. The molecule has 1 aliphatic heterocycles. The molecule has 1 saturated heterocycles. The monoisotopic (exact) mass is 276 g/mol. The van der Waals surface area contributed by atoms with Crippen LogP contribution < -0.4 is 5.73 Å². The van der Waals surface area contributed by atoms with Crippen LogP contribution in [-0.4, -0.2) is 38.7 Å². The number of likely N-dealkylation sites (tertiary alicyclic amines) is 1. The fourth-order valence-electron chi connectivity index (χ4n) is 2.05. The molecule has 5 nitrogen and oxygen atoms in total. The molecule has 2 rings (SSSR count). The second kappa shape index (κ2) is 6.28. The van der Waals surface area contributed by atoms with Crippen molar-refractivity contribution in [1.82, 2.24) is 13.6 Å². The highest BCUT2D eigenvalue weighted by molar-refractivity contribution is 6.99. The number of nitrogens with two attached hydrogens (primary N) is 1. The lowest BCUT2D eigenvalue weighted by molar-refractivity contribution is 0.0676. The van der Waals surface area contributed by atoms with E-state index >= 15 is 0 Å². The highest BCUT2D eigenvalue weighted by atomic mass is 35.5. The SMILES string of the molecule is CC(N)C1CCN(C(=O)c2cnsn2)CC1.Cl. The summed E-state index contributed by atoms with van der Waals surface area (Å²) < 4.78 is 7.80. The number of carbonyl (C=O) groups excluding carboxylic acids is 1. The van der Waals surface area contributed by atoms with Crippen molar-refractivity contribution in [3.63, 3.8) is 0 Å². The Kier molecular flexibility index (Phi) is 5.30. The molecule has 0 aromatic carbocycles. The quantitative estimate of drug-likeness (QED) is 0.880. The van der Waals surface area contributed by atoms with Crippen LogP contribution in [0, 0.1) is 5.92 Å². The Morgan fingerprint density at radius 2 is 2.24 bits per heavy atom. The van der Waals surface area contributed by atoms with Gasteiger partial charge in [-0.3, -0.25) is 4.79 Å². The van der Waals surface area contributed by atoms with E-state index < -0.39 is 0 Å². The summed E-state index contributed by atoms with van der Waals surface area (Å²) in [5.41, 5.74) is 6.32. The molecular formula is C10H17ClN4OS. The van der Waals surface area contributed by atoms with Crippen molar-refractivity contribution in [2.45, 2.75) is 25.8 Å². The average Bonchev–Trinajstić information content (AvgIpc) is 2.81. The molecule has 0 radical (unpaired) electrons. The van der Waals surface area contributed by atoms with E-state index in [1.54, 1.807) is 0 Å². The fraction of sp³-hybridized carbons (Fsp3) is 0.700. The van der Waals surface area contributed by atoms with Gasteiger partial charge >= 0.3 is 0 Å². The van der Waals surface area contributed by atoms with Crippen LogP contribution in [0.25, 0.3) is 0 Å². The number of carbonyl (C=O) groups is 1. The third-order valence-corrected chi connectivity index (χ3v) is 3.63. The second-order valence-electron chi connectivity index (χ2n) is 4.28. The van der Waals surface area contributed by atoms with Crippen molar-refractivity contribution in [1.29, 1.82) is 0 Å². The minimum Gasteiger partial charge on any atom is -0.337 e. The van der Waals surface area contributed by atoms with Crippen molar-refractivity contribution >= 4 is 30.0 Å². The minimum absolute atomic E-state index is 0. The number of aromatic nitrogens is 2. The number of piperidine rings is 1. The van der Waals surface area contributed by atoms with E-state index in [-0.39, 0.29) is 24.4 Å². The van der Waals surface area contributed by atoms with Gasteiger partial charge in [0.15, 0.2) is 5.69 Å². The van der Waals surface area contributed by atoms with E-state index in [1.165, 1.54) is 6.20 Å². The van der Waals surface area contributed by atoms with Gasteiger partial charge in [0.1, 0.15) is 0 Å². The maximum atomic E-state index is 11.9. The molecule has 1 atom stereocenters. The second-order valence-corrected chi connectivity index (χ2v) is 4.84. The Morgan fingerprint density at radius 3 is 2.71 bits per heavy atom. The van der Waals surface area contributed by atoms with Crippen molar-refractivity contribution in [2.24, 2.45) is 11.7 Å². The van der Waals surface area contributed by atoms with Crippen LogP contribution in [0.3, 0.4) is 0 Å². The van der Waals surface area contributed by atoms with Gasteiger partial charge in [-0.15, -0.1) is 12.4 Å². The number of hydrogen-bond acceptors (Lipinski definition) is 5. The van der Waals surface area contributed by atoms with Crippen molar-refractivity contribution < 1.29 is 4.79 Å². The van der Waals surface area contributed by atoms with Gasteiger partial charge in [0.2, 0.25) is 0 Å². The molecule has 7 heteroatoms. The zero-order chi connectivity index (χ0) is 11.5. The molecular weight excluding hydrogens is 260 g/mol. The van der Waals surface area contributed by atoms with Crippen LogP contribution in [0.15, 0.2) is 6.20 Å². The van der Waals surface area contributed by atoms with Crippen LogP contribution in [-0.2, 0) is 0 Å². The topological polar surface area (TPSA) is 72.1 Å². The van der Waals surface area contributed by atoms with Gasteiger partial charge in [-0.2, -0.15) is 8.75 Å². The van der Waals surface area contributed by atoms with Gasteiger partial charge in [-0.25, -0.2) is 0 Å². The lowest BCUT2D eigenvalue weighted by Gasteiger charge is -2.33. The summed E-state index contributed by atoms with van der Waals surface area (Å²) in [6.07, 6.45) is 3.51. The molecule has 1 unspecified atom stereocenters. The van der Waals surface area contributed by atoms with Crippen LogP contribution in [0.1, 0.15) is 30.3 Å². The first-order valence-electron chi connectivity index (χ1n) is 5.51. The van der Waals surface area contributed by atoms with Gasteiger partial charge in [-0.05, 0) is 25.7 Å². The first-order valence-corrected chi connectivity index (χ1v) is 6.24. The van der Waals surface area contributed by atoms with Gasteiger partial charge < -0.3 is 10.6 Å². The van der Waals surface area contributed by atoms with E-state index in [1.807, 2.05) is 11.8 Å². The lowest BCUT2D eigenvalue weighted by atomic mass is 9.91. The maximum absolute atomic E-state index is 11.9.